The van der Waals surface area contributed by atoms with E-state index in [1.165, 1.54) is 6.92 Å². The maximum atomic E-state index is 11.5. The number of imidazole rings is 1. The van der Waals surface area contributed by atoms with Gasteiger partial charge in [0.1, 0.15) is 6.04 Å². The molecule has 2 amide bonds. The minimum absolute atomic E-state index is 0.557. The summed E-state index contributed by atoms with van der Waals surface area (Å²) in [7, 11) is 0. The quantitative estimate of drug-likeness (QED) is 0.653. The van der Waals surface area contributed by atoms with Gasteiger partial charge in [0.2, 0.25) is 0 Å². The molecule has 0 saturated heterocycles. The van der Waals surface area contributed by atoms with Gasteiger partial charge in [-0.2, -0.15) is 0 Å². The number of carbonyl (C=O) groups excluding carboxylic acids is 1. The fraction of sp³-hybridized carbons (Fsp3) is 0.182. The van der Waals surface area contributed by atoms with E-state index in [-0.39, 0.29) is 0 Å². The molecule has 0 aliphatic rings. The number of carboxylic acids is 1. The monoisotopic (exact) mass is 248 g/mol. The van der Waals surface area contributed by atoms with E-state index in [2.05, 4.69) is 20.6 Å². The lowest BCUT2D eigenvalue weighted by Gasteiger charge is -2.10. The van der Waals surface area contributed by atoms with E-state index in [1.54, 1.807) is 24.5 Å². The van der Waals surface area contributed by atoms with Crippen molar-refractivity contribution in [1.29, 1.82) is 0 Å². The molecule has 0 aliphatic heterocycles. The first-order chi connectivity index (χ1) is 8.56. The second kappa shape index (κ2) is 4.74. The zero-order valence-corrected chi connectivity index (χ0v) is 9.60. The summed E-state index contributed by atoms with van der Waals surface area (Å²) < 4.78 is 0. The number of carboxylic acid groups (broad SMARTS) is 1. The predicted molar refractivity (Wildman–Crippen MR) is 65.3 cm³/mol. The number of aromatic amines is 1. The lowest BCUT2D eigenvalue weighted by atomic mass is 10.3. The molecule has 1 atom stereocenters. The van der Waals surface area contributed by atoms with Crippen LogP contribution in [0.1, 0.15) is 6.92 Å². The van der Waals surface area contributed by atoms with Gasteiger partial charge in [-0.25, -0.2) is 9.78 Å². The highest BCUT2D eigenvalue weighted by Crippen LogP contribution is 2.15. The first-order valence-electron chi connectivity index (χ1n) is 5.30. The van der Waals surface area contributed by atoms with E-state index in [1.807, 2.05) is 0 Å². The first-order valence-corrected chi connectivity index (χ1v) is 5.30. The number of benzene rings is 1. The summed E-state index contributed by atoms with van der Waals surface area (Å²) in [5.41, 5.74) is 2.14. The first kappa shape index (κ1) is 11.9. The van der Waals surface area contributed by atoms with Gasteiger partial charge in [-0.15, -0.1) is 0 Å². The van der Waals surface area contributed by atoms with E-state index in [4.69, 9.17) is 5.11 Å². The van der Waals surface area contributed by atoms with Gasteiger partial charge in [-0.3, -0.25) is 4.79 Å². The Morgan fingerprint density at radius 1 is 1.44 bits per heavy atom. The average Bonchev–Trinajstić information content (AvgIpc) is 2.75. The number of aliphatic carboxylic acids is 1. The molecular formula is C11H12N4O3. The molecule has 1 unspecified atom stereocenters. The minimum Gasteiger partial charge on any atom is -0.480 e. The number of carbonyl (C=O) groups is 2. The molecule has 0 fully saturated rings. The summed E-state index contributed by atoms with van der Waals surface area (Å²) in [4.78, 5) is 29.0. The normalized spacial score (nSPS) is 12.1. The lowest BCUT2D eigenvalue weighted by molar-refractivity contribution is -0.138. The standard InChI is InChI=1S/C11H12N4O3/c1-6(10(16)17)14-11(18)15-7-2-3-8-9(4-7)13-5-12-8/h2-6H,1H3,(H,12,13)(H,16,17)(H2,14,15,18). The molecule has 0 radical (unpaired) electrons. The highest BCUT2D eigenvalue weighted by molar-refractivity contribution is 5.93. The van der Waals surface area contributed by atoms with Crippen LogP contribution in [0.25, 0.3) is 11.0 Å². The van der Waals surface area contributed by atoms with Crippen LogP contribution in [0.3, 0.4) is 0 Å². The van der Waals surface area contributed by atoms with Gasteiger partial charge in [-0.1, -0.05) is 0 Å². The second-order valence-electron chi connectivity index (χ2n) is 3.79. The average molecular weight is 248 g/mol. The van der Waals surface area contributed by atoms with Crippen molar-refractivity contribution in [3.8, 4) is 0 Å². The van der Waals surface area contributed by atoms with Gasteiger partial charge in [0, 0.05) is 5.69 Å². The summed E-state index contributed by atoms with van der Waals surface area (Å²) in [6, 6.07) is 3.65. The molecule has 94 valence electrons. The Morgan fingerprint density at radius 2 is 2.22 bits per heavy atom. The molecule has 0 aliphatic carbocycles. The van der Waals surface area contributed by atoms with Gasteiger partial charge in [-0.05, 0) is 25.1 Å². The summed E-state index contributed by atoms with van der Waals surface area (Å²) in [5, 5.41) is 13.5. The summed E-state index contributed by atoms with van der Waals surface area (Å²) >= 11 is 0. The van der Waals surface area contributed by atoms with E-state index >= 15 is 0 Å². The Kier molecular flexibility index (Phi) is 3.13. The molecule has 2 rings (SSSR count). The second-order valence-corrected chi connectivity index (χ2v) is 3.79. The van der Waals surface area contributed by atoms with Gasteiger partial charge >= 0.3 is 12.0 Å². The molecule has 0 saturated carbocycles. The zero-order chi connectivity index (χ0) is 13.1. The number of amides is 2. The van der Waals surface area contributed by atoms with Crippen molar-refractivity contribution in [1.82, 2.24) is 15.3 Å². The largest absolute Gasteiger partial charge is 0.480 e. The lowest BCUT2D eigenvalue weighted by Crippen LogP contribution is -2.40. The van der Waals surface area contributed by atoms with Crippen LogP contribution in [0, 0.1) is 0 Å². The van der Waals surface area contributed by atoms with Crippen LogP contribution < -0.4 is 10.6 Å². The zero-order valence-electron chi connectivity index (χ0n) is 9.60. The van der Waals surface area contributed by atoms with E-state index in [0.29, 0.717) is 5.69 Å². The van der Waals surface area contributed by atoms with Crippen molar-refractivity contribution in [3.05, 3.63) is 24.5 Å². The number of nitrogens with one attached hydrogen (secondary N) is 3. The summed E-state index contributed by atoms with van der Waals surface area (Å²) in [6.45, 7) is 1.39. The van der Waals surface area contributed by atoms with E-state index in [0.717, 1.165) is 11.0 Å². The minimum atomic E-state index is -1.09. The van der Waals surface area contributed by atoms with Crippen molar-refractivity contribution < 1.29 is 14.7 Å². The van der Waals surface area contributed by atoms with Crippen molar-refractivity contribution >= 4 is 28.7 Å². The number of urea groups is 1. The van der Waals surface area contributed by atoms with Gasteiger partial charge < -0.3 is 20.7 Å². The van der Waals surface area contributed by atoms with Crippen LogP contribution in [0.5, 0.6) is 0 Å². The van der Waals surface area contributed by atoms with Crippen molar-refractivity contribution in [3.63, 3.8) is 0 Å². The van der Waals surface area contributed by atoms with Crippen LogP contribution in [-0.4, -0.2) is 33.1 Å². The highest BCUT2D eigenvalue weighted by Gasteiger charge is 2.13. The SMILES string of the molecule is CC(NC(=O)Nc1ccc2nc[nH]c2c1)C(=O)O. The van der Waals surface area contributed by atoms with Crippen molar-refractivity contribution in [2.24, 2.45) is 0 Å². The third-order valence-electron chi connectivity index (χ3n) is 2.40. The molecular weight excluding hydrogens is 236 g/mol. The Morgan fingerprint density at radius 3 is 2.94 bits per heavy atom. The highest BCUT2D eigenvalue weighted by atomic mass is 16.4. The van der Waals surface area contributed by atoms with Crippen LogP contribution in [0.4, 0.5) is 10.5 Å². The maximum absolute atomic E-state index is 11.5. The fourth-order valence-electron chi connectivity index (χ4n) is 1.44. The number of hydrogen-bond donors (Lipinski definition) is 4. The molecule has 1 aromatic heterocycles. The van der Waals surface area contributed by atoms with E-state index in [9.17, 15) is 9.59 Å². The molecule has 1 heterocycles. The maximum Gasteiger partial charge on any atom is 0.325 e. The molecule has 2 aromatic rings. The van der Waals surface area contributed by atoms with Crippen LogP contribution in [0.2, 0.25) is 0 Å². The van der Waals surface area contributed by atoms with Crippen molar-refractivity contribution in [2.45, 2.75) is 13.0 Å². The third kappa shape index (κ3) is 2.57. The molecule has 4 N–H and O–H groups in total. The van der Waals surface area contributed by atoms with Crippen LogP contribution in [0.15, 0.2) is 24.5 Å². The van der Waals surface area contributed by atoms with Gasteiger partial charge in [0.25, 0.3) is 0 Å². The fourth-order valence-corrected chi connectivity index (χ4v) is 1.44. The van der Waals surface area contributed by atoms with Gasteiger partial charge in [0.15, 0.2) is 0 Å². The molecule has 0 bridgehead atoms. The van der Waals surface area contributed by atoms with Crippen LogP contribution in [-0.2, 0) is 4.79 Å². The molecule has 0 spiro atoms. The van der Waals surface area contributed by atoms with E-state index < -0.39 is 18.0 Å². The smallest absolute Gasteiger partial charge is 0.325 e. The number of H-pyrrole nitrogens is 1. The number of aromatic nitrogens is 2. The molecule has 18 heavy (non-hydrogen) atoms. The van der Waals surface area contributed by atoms with Crippen LogP contribution >= 0.6 is 0 Å². The summed E-state index contributed by atoms with van der Waals surface area (Å²) in [5.74, 6) is -1.09. The Balaban J connectivity index is 2.04. The predicted octanol–water partition coefficient (Wildman–Crippen LogP) is 1.16. The molecule has 1 aromatic carbocycles. The number of rotatable bonds is 3. The topological polar surface area (TPSA) is 107 Å². The summed E-state index contributed by atoms with van der Waals surface area (Å²) in [6.07, 6.45) is 1.56. The van der Waals surface area contributed by atoms with Crippen molar-refractivity contribution in [2.75, 3.05) is 5.32 Å². The number of hydrogen-bond acceptors (Lipinski definition) is 3. The third-order valence-corrected chi connectivity index (χ3v) is 2.40. The number of nitrogens with zero attached hydrogens (tertiary/aromatic N) is 1. The number of anilines is 1. The molecule has 7 nitrogen and oxygen atoms in total. The molecule has 7 heteroatoms. The Bertz CT molecular complexity index is 593. The van der Waals surface area contributed by atoms with Gasteiger partial charge in [0.05, 0.1) is 17.4 Å². The Labute approximate surface area is 102 Å². The Hall–Kier alpha value is -2.57. The number of fused-ring (bicyclic) bond motifs is 1.